The number of nitrogens with zero attached hydrogens (tertiary/aromatic N) is 1. The van der Waals surface area contributed by atoms with Crippen LogP contribution in [0, 0.1) is 0 Å². The predicted molar refractivity (Wildman–Crippen MR) is 88.2 cm³/mol. The smallest absolute Gasteiger partial charge is 0.339 e. The molecule has 2 aromatic heterocycles. The highest BCUT2D eigenvalue weighted by Gasteiger charge is 2.12. The SMILES string of the molecule is CCOC(=O)c1ccc2cc(-c3ccc(Cl)cc3)c(N)n2c1. The van der Waals surface area contributed by atoms with Crippen LogP contribution in [-0.4, -0.2) is 17.0 Å². The predicted octanol–water partition coefficient (Wildman–Crippen LogP) is 4.02. The Morgan fingerprint density at radius 3 is 2.64 bits per heavy atom. The number of nitrogens with two attached hydrogens (primary N) is 1. The number of aromatic nitrogens is 1. The van der Waals surface area contributed by atoms with Crippen LogP contribution in [0.5, 0.6) is 0 Å². The Morgan fingerprint density at radius 1 is 1.23 bits per heavy atom. The maximum atomic E-state index is 11.8. The molecule has 0 atom stereocenters. The number of rotatable bonds is 3. The van der Waals surface area contributed by atoms with Crippen LogP contribution in [0.1, 0.15) is 17.3 Å². The number of ether oxygens (including phenoxy) is 1. The number of halogens is 1. The molecule has 5 heteroatoms. The van der Waals surface area contributed by atoms with Gasteiger partial charge < -0.3 is 14.9 Å². The number of nitrogen functional groups attached to an aromatic ring is 1. The van der Waals surface area contributed by atoms with Crippen molar-refractivity contribution in [3.63, 3.8) is 0 Å². The second-order valence-electron chi connectivity index (χ2n) is 4.88. The van der Waals surface area contributed by atoms with Gasteiger partial charge in [-0.15, -0.1) is 0 Å². The summed E-state index contributed by atoms with van der Waals surface area (Å²) >= 11 is 5.92. The topological polar surface area (TPSA) is 56.7 Å². The van der Waals surface area contributed by atoms with Gasteiger partial charge in [-0.25, -0.2) is 4.79 Å². The van der Waals surface area contributed by atoms with Crippen LogP contribution < -0.4 is 5.73 Å². The molecule has 0 saturated heterocycles. The van der Waals surface area contributed by atoms with E-state index in [0.29, 0.717) is 23.0 Å². The molecule has 112 valence electrons. The van der Waals surface area contributed by atoms with Gasteiger partial charge in [0.25, 0.3) is 0 Å². The number of esters is 1. The Bertz CT molecular complexity index is 838. The number of hydrogen-bond acceptors (Lipinski definition) is 3. The summed E-state index contributed by atoms with van der Waals surface area (Å²) < 4.78 is 6.80. The van der Waals surface area contributed by atoms with Crippen molar-refractivity contribution in [2.45, 2.75) is 6.92 Å². The zero-order valence-corrected chi connectivity index (χ0v) is 12.8. The molecule has 1 aromatic carbocycles. The molecule has 0 amide bonds. The Morgan fingerprint density at radius 2 is 1.95 bits per heavy atom. The molecular weight excluding hydrogens is 300 g/mol. The molecule has 0 radical (unpaired) electrons. The molecule has 2 heterocycles. The van der Waals surface area contributed by atoms with Crippen LogP contribution in [0.4, 0.5) is 5.82 Å². The summed E-state index contributed by atoms with van der Waals surface area (Å²) in [4.78, 5) is 11.8. The van der Waals surface area contributed by atoms with Crippen molar-refractivity contribution in [2.75, 3.05) is 12.3 Å². The van der Waals surface area contributed by atoms with Crippen molar-refractivity contribution in [1.82, 2.24) is 4.40 Å². The average molecular weight is 315 g/mol. The lowest BCUT2D eigenvalue weighted by Crippen LogP contribution is -2.06. The Balaban J connectivity index is 2.09. The number of carbonyl (C=O) groups excluding carboxylic acids is 1. The highest BCUT2D eigenvalue weighted by atomic mass is 35.5. The number of carbonyl (C=O) groups is 1. The van der Waals surface area contributed by atoms with Crippen molar-refractivity contribution < 1.29 is 9.53 Å². The van der Waals surface area contributed by atoms with Gasteiger partial charge in [-0.3, -0.25) is 0 Å². The molecule has 0 aliphatic rings. The molecule has 0 bridgehead atoms. The summed E-state index contributed by atoms with van der Waals surface area (Å²) in [6, 6.07) is 13.0. The van der Waals surface area contributed by atoms with Gasteiger partial charge in [0.2, 0.25) is 0 Å². The number of anilines is 1. The van der Waals surface area contributed by atoms with Crippen molar-refractivity contribution in [1.29, 1.82) is 0 Å². The minimum absolute atomic E-state index is 0.341. The molecule has 0 saturated carbocycles. The average Bonchev–Trinajstić information content (AvgIpc) is 2.85. The number of benzene rings is 1. The van der Waals surface area contributed by atoms with E-state index in [1.807, 2.05) is 36.4 Å². The standard InChI is InChI=1S/C17H15ClN2O2/c1-2-22-17(21)12-5-8-14-9-15(16(19)20(14)10-12)11-3-6-13(18)7-4-11/h3-10H,2,19H2,1H3. The lowest BCUT2D eigenvalue weighted by atomic mass is 10.1. The minimum Gasteiger partial charge on any atom is -0.462 e. The molecular formula is C17H15ClN2O2. The number of fused-ring (bicyclic) bond motifs is 1. The quantitative estimate of drug-likeness (QED) is 0.743. The third-order valence-corrected chi connectivity index (χ3v) is 3.73. The van der Waals surface area contributed by atoms with E-state index in [0.717, 1.165) is 16.6 Å². The second kappa shape index (κ2) is 5.73. The second-order valence-corrected chi connectivity index (χ2v) is 5.32. The number of pyridine rings is 1. The van der Waals surface area contributed by atoms with Crippen molar-refractivity contribution in [2.24, 2.45) is 0 Å². The Labute approximate surface area is 133 Å². The summed E-state index contributed by atoms with van der Waals surface area (Å²) in [5, 5.41) is 0.677. The molecule has 4 nitrogen and oxygen atoms in total. The van der Waals surface area contributed by atoms with Crippen LogP contribution in [0.15, 0.2) is 48.7 Å². The third-order valence-electron chi connectivity index (χ3n) is 3.47. The van der Waals surface area contributed by atoms with Gasteiger partial charge in [-0.1, -0.05) is 23.7 Å². The van der Waals surface area contributed by atoms with Gasteiger partial charge in [0, 0.05) is 22.3 Å². The van der Waals surface area contributed by atoms with E-state index in [4.69, 9.17) is 22.1 Å². The number of hydrogen-bond donors (Lipinski definition) is 1. The molecule has 0 aliphatic heterocycles. The molecule has 0 fully saturated rings. The first-order valence-corrected chi connectivity index (χ1v) is 7.31. The fourth-order valence-electron chi connectivity index (χ4n) is 2.39. The fourth-order valence-corrected chi connectivity index (χ4v) is 2.51. The van der Waals surface area contributed by atoms with Crippen molar-refractivity contribution in [3.8, 4) is 11.1 Å². The summed E-state index contributed by atoms with van der Waals surface area (Å²) in [6.07, 6.45) is 1.70. The molecule has 0 spiro atoms. The van der Waals surface area contributed by atoms with E-state index < -0.39 is 0 Å². The van der Waals surface area contributed by atoms with Crippen molar-refractivity contribution >= 4 is 28.9 Å². The molecule has 2 N–H and O–H groups in total. The van der Waals surface area contributed by atoms with Gasteiger partial charge in [0.05, 0.1) is 12.2 Å². The zero-order chi connectivity index (χ0) is 15.7. The van der Waals surface area contributed by atoms with Gasteiger partial charge in [-0.05, 0) is 42.8 Å². The minimum atomic E-state index is -0.356. The van der Waals surface area contributed by atoms with E-state index in [1.54, 1.807) is 23.6 Å². The van der Waals surface area contributed by atoms with E-state index in [9.17, 15) is 4.79 Å². The highest BCUT2D eigenvalue weighted by Crippen LogP contribution is 2.30. The van der Waals surface area contributed by atoms with E-state index in [2.05, 4.69) is 0 Å². The summed E-state index contributed by atoms with van der Waals surface area (Å²) in [6.45, 7) is 2.12. The third kappa shape index (κ3) is 2.53. The van der Waals surface area contributed by atoms with Gasteiger partial charge in [0.1, 0.15) is 5.82 Å². The summed E-state index contributed by atoms with van der Waals surface area (Å²) in [7, 11) is 0. The van der Waals surface area contributed by atoms with Crippen LogP contribution in [-0.2, 0) is 4.74 Å². The first-order valence-electron chi connectivity index (χ1n) is 6.94. The Hall–Kier alpha value is -2.46. The van der Waals surface area contributed by atoms with Crippen LogP contribution >= 0.6 is 11.6 Å². The first kappa shape index (κ1) is 14.5. The monoisotopic (exact) mass is 314 g/mol. The first-order chi connectivity index (χ1) is 10.6. The lowest BCUT2D eigenvalue weighted by Gasteiger charge is -2.04. The zero-order valence-electron chi connectivity index (χ0n) is 12.0. The molecule has 0 unspecified atom stereocenters. The summed E-state index contributed by atoms with van der Waals surface area (Å²) in [5.41, 5.74) is 9.49. The molecule has 3 aromatic rings. The highest BCUT2D eigenvalue weighted by molar-refractivity contribution is 6.30. The van der Waals surface area contributed by atoms with Crippen LogP contribution in [0.25, 0.3) is 16.6 Å². The summed E-state index contributed by atoms with van der Waals surface area (Å²) in [5.74, 6) is 0.217. The van der Waals surface area contributed by atoms with Gasteiger partial charge >= 0.3 is 5.97 Å². The maximum Gasteiger partial charge on any atom is 0.339 e. The van der Waals surface area contributed by atoms with Crippen molar-refractivity contribution in [3.05, 3.63) is 59.2 Å². The van der Waals surface area contributed by atoms with Gasteiger partial charge in [0.15, 0.2) is 0 Å². The molecule has 3 rings (SSSR count). The largest absolute Gasteiger partial charge is 0.462 e. The van der Waals surface area contributed by atoms with Crippen LogP contribution in [0.3, 0.4) is 0 Å². The maximum absolute atomic E-state index is 11.8. The molecule has 0 aliphatic carbocycles. The molecule has 22 heavy (non-hydrogen) atoms. The Kier molecular flexibility index (Phi) is 3.77. The van der Waals surface area contributed by atoms with Gasteiger partial charge in [-0.2, -0.15) is 0 Å². The fraction of sp³-hybridized carbons (Fsp3) is 0.118. The van der Waals surface area contributed by atoms with E-state index in [1.165, 1.54) is 0 Å². The lowest BCUT2D eigenvalue weighted by molar-refractivity contribution is 0.0526. The normalized spacial score (nSPS) is 10.8. The van der Waals surface area contributed by atoms with Crippen LogP contribution in [0.2, 0.25) is 5.02 Å². The van der Waals surface area contributed by atoms with E-state index >= 15 is 0 Å². The van der Waals surface area contributed by atoms with E-state index in [-0.39, 0.29) is 5.97 Å².